The lowest BCUT2D eigenvalue weighted by Gasteiger charge is -2.36. The average Bonchev–Trinajstić information content (AvgIpc) is 2.30. The molecule has 0 amide bonds. The van der Waals surface area contributed by atoms with E-state index >= 15 is 0 Å². The molecule has 0 radical (unpaired) electrons. The molecular weight excluding hydrogens is 186 g/mol. The quantitative estimate of drug-likeness (QED) is 0.794. The van der Waals surface area contributed by atoms with Gasteiger partial charge in [0, 0.05) is 25.0 Å². The Morgan fingerprint density at radius 2 is 2.40 bits per heavy atom. The number of piperidine rings is 1. The summed E-state index contributed by atoms with van der Waals surface area (Å²) in [5.41, 5.74) is 7.04. The third kappa shape index (κ3) is 2.36. The summed E-state index contributed by atoms with van der Waals surface area (Å²) in [4.78, 5) is 6.58. The number of aromatic nitrogens is 1. The van der Waals surface area contributed by atoms with E-state index in [2.05, 4.69) is 23.0 Å². The van der Waals surface area contributed by atoms with Crippen LogP contribution in [0.4, 0.5) is 0 Å². The summed E-state index contributed by atoms with van der Waals surface area (Å²) in [6.45, 7) is 1.92. The van der Waals surface area contributed by atoms with Crippen LogP contribution in [-0.4, -0.2) is 30.0 Å². The van der Waals surface area contributed by atoms with Gasteiger partial charge in [-0.05, 0) is 44.0 Å². The summed E-state index contributed by atoms with van der Waals surface area (Å²) in [6.07, 6.45) is 6.24. The molecule has 0 bridgehead atoms. The number of hydrogen-bond donors (Lipinski definition) is 1. The second-order valence-electron chi connectivity index (χ2n) is 4.42. The molecule has 1 fully saturated rings. The predicted octanol–water partition coefficient (Wildman–Crippen LogP) is 1.42. The molecule has 0 aromatic carbocycles. The summed E-state index contributed by atoms with van der Waals surface area (Å²) < 4.78 is 0. The Morgan fingerprint density at radius 1 is 1.53 bits per heavy atom. The standard InChI is InChI=1S/C12H19N3/c1-15-9-10(7-13)4-5-12(15)11-3-2-6-14-8-11/h2-3,6,8,10,12H,4-5,7,9,13H2,1H3. The first kappa shape index (κ1) is 10.6. The first-order valence-electron chi connectivity index (χ1n) is 5.61. The van der Waals surface area contributed by atoms with Gasteiger partial charge in [0.05, 0.1) is 0 Å². The largest absolute Gasteiger partial charge is 0.330 e. The van der Waals surface area contributed by atoms with Gasteiger partial charge in [0.25, 0.3) is 0 Å². The Morgan fingerprint density at radius 3 is 3.00 bits per heavy atom. The average molecular weight is 205 g/mol. The summed E-state index contributed by atoms with van der Waals surface area (Å²) in [5, 5.41) is 0. The molecule has 15 heavy (non-hydrogen) atoms. The van der Waals surface area contributed by atoms with Crippen molar-refractivity contribution in [2.75, 3.05) is 20.1 Å². The van der Waals surface area contributed by atoms with Crippen molar-refractivity contribution in [3.8, 4) is 0 Å². The van der Waals surface area contributed by atoms with Crippen LogP contribution in [0, 0.1) is 5.92 Å². The Balaban J connectivity index is 2.06. The molecule has 0 aliphatic carbocycles. The number of hydrogen-bond acceptors (Lipinski definition) is 3. The van der Waals surface area contributed by atoms with Crippen molar-refractivity contribution in [2.45, 2.75) is 18.9 Å². The van der Waals surface area contributed by atoms with Gasteiger partial charge in [0.15, 0.2) is 0 Å². The van der Waals surface area contributed by atoms with Crippen LogP contribution < -0.4 is 5.73 Å². The van der Waals surface area contributed by atoms with Crippen molar-refractivity contribution in [3.05, 3.63) is 30.1 Å². The fourth-order valence-electron chi connectivity index (χ4n) is 2.43. The Kier molecular flexibility index (Phi) is 3.34. The van der Waals surface area contributed by atoms with E-state index in [1.807, 2.05) is 18.5 Å². The van der Waals surface area contributed by atoms with Crippen LogP contribution >= 0.6 is 0 Å². The number of pyridine rings is 1. The van der Waals surface area contributed by atoms with Crippen LogP contribution in [0.3, 0.4) is 0 Å². The van der Waals surface area contributed by atoms with E-state index in [0.717, 1.165) is 13.1 Å². The molecule has 2 rings (SSSR count). The van der Waals surface area contributed by atoms with Crippen LogP contribution in [0.2, 0.25) is 0 Å². The van der Waals surface area contributed by atoms with Crippen molar-refractivity contribution in [2.24, 2.45) is 11.7 Å². The SMILES string of the molecule is CN1CC(CN)CCC1c1cccnc1. The molecule has 3 nitrogen and oxygen atoms in total. The van der Waals surface area contributed by atoms with Crippen LogP contribution in [-0.2, 0) is 0 Å². The number of nitrogens with zero attached hydrogens (tertiary/aromatic N) is 2. The van der Waals surface area contributed by atoms with Crippen LogP contribution in [0.25, 0.3) is 0 Å². The maximum Gasteiger partial charge on any atom is 0.0360 e. The van der Waals surface area contributed by atoms with E-state index in [4.69, 9.17) is 5.73 Å². The van der Waals surface area contributed by atoms with Gasteiger partial charge in [-0.2, -0.15) is 0 Å². The molecule has 1 saturated heterocycles. The van der Waals surface area contributed by atoms with Crippen LogP contribution in [0.15, 0.2) is 24.5 Å². The predicted molar refractivity (Wildman–Crippen MR) is 61.4 cm³/mol. The molecule has 1 aliphatic rings. The zero-order chi connectivity index (χ0) is 10.7. The lowest BCUT2D eigenvalue weighted by molar-refractivity contribution is 0.141. The molecule has 2 atom stereocenters. The van der Waals surface area contributed by atoms with E-state index in [1.54, 1.807) is 0 Å². The first-order chi connectivity index (χ1) is 7.31. The third-order valence-corrected chi connectivity index (χ3v) is 3.33. The van der Waals surface area contributed by atoms with Crippen molar-refractivity contribution < 1.29 is 0 Å². The second-order valence-corrected chi connectivity index (χ2v) is 4.42. The minimum absolute atomic E-state index is 0.529. The van der Waals surface area contributed by atoms with Crippen molar-refractivity contribution in [1.29, 1.82) is 0 Å². The van der Waals surface area contributed by atoms with Gasteiger partial charge in [0.1, 0.15) is 0 Å². The van der Waals surface area contributed by atoms with Gasteiger partial charge in [-0.3, -0.25) is 9.88 Å². The molecule has 1 aliphatic heterocycles. The van der Waals surface area contributed by atoms with E-state index < -0.39 is 0 Å². The van der Waals surface area contributed by atoms with Gasteiger partial charge < -0.3 is 5.73 Å². The Labute approximate surface area is 91.3 Å². The molecular formula is C12H19N3. The zero-order valence-electron chi connectivity index (χ0n) is 9.26. The lowest BCUT2D eigenvalue weighted by Crippen LogP contribution is -2.38. The lowest BCUT2D eigenvalue weighted by atomic mass is 9.90. The van der Waals surface area contributed by atoms with Crippen LogP contribution in [0.5, 0.6) is 0 Å². The smallest absolute Gasteiger partial charge is 0.0360 e. The van der Waals surface area contributed by atoms with Crippen molar-refractivity contribution >= 4 is 0 Å². The molecule has 1 aromatic rings. The third-order valence-electron chi connectivity index (χ3n) is 3.33. The first-order valence-corrected chi connectivity index (χ1v) is 5.61. The highest BCUT2D eigenvalue weighted by molar-refractivity contribution is 5.14. The Hall–Kier alpha value is -0.930. The van der Waals surface area contributed by atoms with Crippen molar-refractivity contribution in [3.63, 3.8) is 0 Å². The zero-order valence-corrected chi connectivity index (χ0v) is 9.26. The monoisotopic (exact) mass is 205 g/mol. The van der Waals surface area contributed by atoms with Gasteiger partial charge in [-0.1, -0.05) is 6.07 Å². The summed E-state index contributed by atoms with van der Waals surface area (Å²) in [7, 11) is 2.18. The maximum absolute atomic E-state index is 5.71. The van der Waals surface area contributed by atoms with E-state index in [1.165, 1.54) is 18.4 Å². The fourth-order valence-corrected chi connectivity index (χ4v) is 2.43. The summed E-state index contributed by atoms with van der Waals surface area (Å²) >= 11 is 0. The number of nitrogens with two attached hydrogens (primary N) is 1. The number of likely N-dealkylation sites (tertiary alicyclic amines) is 1. The number of rotatable bonds is 2. The van der Waals surface area contributed by atoms with E-state index in [-0.39, 0.29) is 0 Å². The normalized spacial score (nSPS) is 27.9. The maximum atomic E-state index is 5.71. The molecule has 2 N–H and O–H groups in total. The highest BCUT2D eigenvalue weighted by Gasteiger charge is 2.25. The second kappa shape index (κ2) is 4.73. The highest BCUT2D eigenvalue weighted by Crippen LogP contribution is 2.31. The Bertz CT molecular complexity index is 299. The van der Waals surface area contributed by atoms with Gasteiger partial charge in [-0.25, -0.2) is 0 Å². The molecule has 1 aromatic heterocycles. The molecule has 82 valence electrons. The summed E-state index contributed by atoms with van der Waals surface area (Å²) in [6, 6.07) is 4.70. The van der Waals surface area contributed by atoms with Gasteiger partial charge >= 0.3 is 0 Å². The summed E-state index contributed by atoms with van der Waals surface area (Å²) in [5.74, 6) is 0.669. The molecule has 3 heteroatoms. The molecule has 2 unspecified atom stereocenters. The minimum Gasteiger partial charge on any atom is -0.330 e. The van der Waals surface area contributed by atoms with Gasteiger partial charge in [-0.15, -0.1) is 0 Å². The fraction of sp³-hybridized carbons (Fsp3) is 0.583. The topological polar surface area (TPSA) is 42.1 Å². The molecule has 0 spiro atoms. The van der Waals surface area contributed by atoms with E-state index in [0.29, 0.717) is 12.0 Å². The molecule has 0 saturated carbocycles. The van der Waals surface area contributed by atoms with Crippen LogP contribution in [0.1, 0.15) is 24.4 Å². The minimum atomic E-state index is 0.529. The highest BCUT2D eigenvalue weighted by atomic mass is 15.1. The van der Waals surface area contributed by atoms with E-state index in [9.17, 15) is 0 Å². The van der Waals surface area contributed by atoms with Gasteiger partial charge in [0.2, 0.25) is 0 Å². The van der Waals surface area contributed by atoms with Crippen molar-refractivity contribution in [1.82, 2.24) is 9.88 Å². The molecule has 2 heterocycles.